The summed E-state index contributed by atoms with van der Waals surface area (Å²) in [4.78, 5) is 25.5. The van der Waals surface area contributed by atoms with E-state index in [0.717, 1.165) is 34.4 Å². The van der Waals surface area contributed by atoms with Crippen LogP contribution in [0, 0.1) is 0 Å². The lowest BCUT2D eigenvalue weighted by Crippen LogP contribution is -2.36. The number of benzene rings is 1. The van der Waals surface area contributed by atoms with Crippen molar-refractivity contribution < 1.29 is 14.7 Å². The Hall–Kier alpha value is -2.87. The second kappa shape index (κ2) is 6.45. The number of primary amides is 1. The van der Waals surface area contributed by atoms with Gasteiger partial charge in [0, 0.05) is 35.0 Å². The molecule has 4 N–H and O–H groups in total. The maximum absolute atomic E-state index is 11.9. The third kappa shape index (κ3) is 2.82. The van der Waals surface area contributed by atoms with Crippen LogP contribution in [0.2, 0.25) is 0 Å². The van der Waals surface area contributed by atoms with Crippen molar-refractivity contribution in [2.24, 2.45) is 5.73 Å². The zero-order valence-electron chi connectivity index (χ0n) is 13.9. The van der Waals surface area contributed by atoms with Gasteiger partial charge in [-0.2, -0.15) is 5.10 Å². The highest BCUT2D eigenvalue weighted by molar-refractivity contribution is 7.13. The van der Waals surface area contributed by atoms with E-state index in [2.05, 4.69) is 10.2 Å². The molecule has 0 spiro atoms. The molecule has 134 valence electrons. The van der Waals surface area contributed by atoms with Crippen LogP contribution in [0.1, 0.15) is 34.8 Å². The predicted molar refractivity (Wildman–Crippen MR) is 99.5 cm³/mol. The molecule has 0 saturated carbocycles. The Kier molecular flexibility index (Phi) is 4.12. The highest BCUT2D eigenvalue weighted by atomic mass is 32.1. The largest absolute Gasteiger partial charge is 0.465 e. The van der Waals surface area contributed by atoms with E-state index in [1.165, 1.54) is 4.90 Å². The summed E-state index contributed by atoms with van der Waals surface area (Å²) in [6.45, 7) is 0.988. The van der Waals surface area contributed by atoms with Crippen molar-refractivity contribution in [3.63, 3.8) is 0 Å². The monoisotopic (exact) mass is 370 g/mol. The molecule has 4 rings (SSSR count). The van der Waals surface area contributed by atoms with Crippen LogP contribution in [0.3, 0.4) is 0 Å². The van der Waals surface area contributed by atoms with Crippen LogP contribution in [-0.2, 0) is 0 Å². The number of aromatic nitrogens is 2. The molecule has 2 amide bonds. The van der Waals surface area contributed by atoms with E-state index in [1.54, 1.807) is 17.4 Å². The number of nitrogens with zero attached hydrogens (tertiary/aromatic N) is 2. The molecule has 1 aliphatic rings. The summed E-state index contributed by atoms with van der Waals surface area (Å²) >= 11 is 1.60. The van der Waals surface area contributed by atoms with Gasteiger partial charge >= 0.3 is 6.09 Å². The van der Waals surface area contributed by atoms with Gasteiger partial charge in [-0.05, 0) is 42.0 Å². The third-order valence-electron chi connectivity index (χ3n) is 4.93. The second-order valence-corrected chi connectivity index (χ2v) is 7.39. The molecule has 0 atom stereocenters. The zero-order valence-corrected chi connectivity index (χ0v) is 14.8. The number of aromatic amines is 1. The number of carbonyl (C=O) groups excluding carboxylic acids is 1. The third-order valence-corrected chi connectivity index (χ3v) is 5.85. The van der Waals surface area contributed by atoms with Gasteiger partial charge in [0.05, 0.1) is 5.56 Å². The summed E-state index contributed by atoms with van der Waals surface area (Å²) in [6.07, 6.45) is 0.561. The van der Waals surface area contributed by atoms with Gasteiger partial charge in [0.1, 0.15) is 5.52 Å². The minimum absolute atomic E-state index is 0.176. The van der Waals surface area contributed by atoms with Crippen molar-refractivity contribution in [3.05, 3.63) is 40.9 Å². The fourth-order valence-corrected chi connectivity index (χ4v) is 4.29. The van der Waals surface area contributed by atoms with Gasteiger partial charge in [-0.25, -0.2) is 4.79 Å². The summed E-state index contributed by atoms with van der Waals surface area (Å²) in [5.41, 5.74) is 8.44. The molecular formula is C18H18N4O3S. The van der Waals surface area contributed by atoms with Crippen LogP contribution in [0.25, 0.3) is 21.3 Å². The molecule has 1 fully saturated rings. The van der Waals surface area contributed by atoms with E-state index < -0.39 is 12.0 Å². The van der Waals surface area contributed by atoms with Gasteiger partial charge in [-0.3, -0.25) is 9.89 Å². The van der Waals surface area contributed by atoms with E-state index in [9.17, 15) is 9.59 Å². The first kappa shape index (κ1) is 16.6. The van der Waals surface area contributed by atoms with Crippen molar-refractivity contribution >= 4 is 34.2 Å². The molecular weight excluding hydrogens is 352 g/mol. The van der Waals surface area contributed by atoms with Crippen LogP contribution in [0.4, 0.5) is 4.79 Å². The van der Waals surface area contributed by atoms with Crippen LogP contribution in [-0.4, -0.2) is 45.3 Å². The first-order valence-corrected chi connectivity index (χ1v) is 9.26. The van der Waals surface area contributed by atoms with Crippen LogP contribution < -0.4 is 5.73 Å². The number of carbonyl (C=O) groups is 2. The van der Waals surface area contributed by atoms with Gasteiger partial charge in [-0.1, -0.05) is 6.07 Å². The average molecular weight is 370 g/mol. The number of rotatable bonds is 3. The standard InChI is InChI=1S/C18H18N4O3S/c19-17(23)13-9-11(14-2-1-7-26-14)8-12-15(20-21-16(12)13)10-3-5-22(6-4-10)18(24)25/h1-2,7-10H,3-6H2,(H2,19,23)(H,20,21)(H,24,25). The Morgan fingerprint density at radius 2 is 2.08 bits per heavy atom. The first-order chi connectivity index (χ1) is 12.5. The van der Waals surface area contributed by atoms with E-state index in [4.69, 9.17) is 10.8 Å². The highest BCUT2D eigenvalue weighted by Crippen LogP contribution is 2.36. The number of H-pyrrole nitrogens is 1. The number of hydrogen-bond acceptors (Lipinski definition) is 4. The molecule has 0 aliphatic carbocycles. The number of fused-ring (bicyclic) bond motifs is 1. The average Bonchev–Trinajstić information content (AvgIpc) is 3.30. The minimum atomic E-state index is -0.881. The van der Waals surface area contributed by atoms with E-state index in [1.807, 2.05) is 23.6 Å². The number of hydrogen-bond donors (Lipinski definition) is 3. The Morgan fingerprint density at radius 3 is 2.69 bits per heavy atom. The van der Waals surface area contributed by atoms with Crippen LogP contribution in [0.15, 0.2) is 29.6 Å². The maximum atomic E-state index is 11.9. The van der Waals surface area contributed by atoms with E-state index in [-0.39, 0.29) is 5.92 Å². The summed E-state index contributed by atoms with van der Waals surface area (Å²) in [6, 6.07) is 7.79. The molecule has 8 heteroatoms. The molecule has 0 bridgehead atoms. The van der Waals surface area contributed by atoms with Crippen LogP contribution in [0.5, 0.6) is 0 Å². The Bertz CT molecular complexity index is 972. The molecule has 3 heterocycles. The number of thiophene rings is 1. The SMILES string of the molecule is NC(=O)c1cc(-c2cccs2)cc2c(C3CCN(C(=O)O)CC3)[nH]nc12. The quantitative estimate of drug-likeness (QED) is 0.657. The normalized spacial score (nSPS) is 15.5. The van der Waals surface area contributed by atoms with Crippen molar-refractivity contribution in [1.29, 1.82) is 0 Å². The summed E-state index contributed by atoms with van der Waals surface area (Å²) in [7, 11) is 0. The van der Waals surface area contributed by atoms with Crippen molar-refractivity contribution in [2.45, 2.75) is 18.8 Å². The van der Waals surface area contributed by atoms with Gasteiger partial charge in [0.25, 0.3) is 5.91 Å². The fraction of sp³-hybridized carbons (Fsp3) is 0.278. The van der Waals surface area contributed by atoms with Gasteiger partial charge in [0.2, 0.25) is 0 Å². The predicted octanol–water partition coefficient (Wildman–Crippen LogP) is 3.25. The number of nitrogens with one attached hydrogen (secondary N) is 1. The second-order valence-electron chi connectivity index (χ2n) is 6.44. The molecule has 1 aromatic carbocycles. The number of piperidine rings is 1. The first-order valence-electron chi connectivity index (χ1n) is 8.38. The molecule has 26 heavy (non-hydrogen) atoms. The van der Waals surface area contributed by atoms with E-state index >= 15 is 0 Å². The number of carboxylic acid groups (broad SMARTS) is 1. The molecule has 1 aliphatic heterocycles. The molecule has 1 saturated heterocycles. The Labute approximate surface area is 153 Å². The van der Waals surface area contributed by atoms with Gasteiger partial charge < -0.3 is 15.7 Å². The lowest BCUT2D eigenvalue weighted by atomic mass is 9.90. The number of amides is 2. The van der Waals surface area contributed by atoms with E-state index in [0.29, 0.717) is 24.2 Å². The smallest absolute Gasteiger partial charge is 0.407 e. The summed E-state index contributed by atoms with van der Waals surface area (Å²) in [5.74, 6) is -0.331. The zero-order chi connectivity index (χ0) is 18.3. The summed E-state index contributed by atoms with van der Waals surface area (Å²) < 4.78 is 0. The molecule has 3 aromatic rings. The molecule has 7 nitrogen and oxygen atoms in total. The van der Waals surface area contributed by atoms with Crippen molar-refractivity contribution in [3.8, 4) is 10.4 Å². The van der Waals surface area contributed by atoms with Gasteiger partial charge in [-0.15, -0.1) is 11.3 Å². The van der Waals surface area contributed by atoms with Crippen LogP contribution >= 0.6 is 11.3 Å². The van der Waals surface area contributed by atoms with Gasteiger partial charge in [0.15, 0.2) is 0 Å². The Morgan fingerprint density at radius 1 is 1.31 bits per heavy atom. The molecule has 2 aromatic heterocycles. The minimum Gasteiger partial charge on any atom is -0.465 e. The molecule has 0 radical (unpaired) electrons. The Balaban J connectivity index is 1.77. The molecule has 0 unspecified atom stereocenters. The number of likely N-dealkylation sites (tertiary alicyclic amines) is 1. The fourth-order valence-electron chi connectivity index (χ4n) is 3.58. The lowest BCUT2D eigenvalue weighted by molar-refractivity contribution is 0.100. The maximum Gasteiger partial charge on any atom is 0.407 e. The topological polar surface area (TPSA) is 112 Å². The lowest BCUT2D eigenvalue weighted by Gasteiger charge is -2.29. The summed E-state index contributed by atoms with van der Waals surface area (Å²) in [5, 5.41) is 19.4. The number of nitrogens with two attached hydrogens (primary N) is 1. The van der Waals surface area contributed by atoms with Crippen molar-refractivity contribution in [2.75, 3.05) is 13.1 Å². The highest BCUT2D eigenvalue weighted by Gasteiger charge is 2.27. The van der Waals surface area contributed by atoms with Crippen molar-refractivity contribution in [1.82, 2.24) is 15.1 Å².